The van der Waals surface area contributed by atoms with E-state index >= 15 is 0 Å². The fourth-order valence-corrected chi connectivity index (χ4v) is 3.39. The lowest BCUT2D eigenvalue weighted by atomic mass is 10.1. The van der Waals surface area contributed by atoms with Crippen molar-refractivity contribution >= 4 is 9.84 Å². The average molecular weight is 311 g/mol. The predicted octanol–water partition coefficient (Wildman–Crippen LogP) is 1.03. The molecule has 0 saturated heterocycles. The first kappa shape index (κ1) is 16.2. The van der Waals surface area contributed by atoms with E-state index < -0.39 is 15.9 Å². The van der Waals surface area contributed by atoms with Gasteiger partial charge in [-0.3, -0.25) is 0 Å². The minimum atomic E-state index is -3.06. The highest BCUT2D eigenvalue weighted by atomic mass is 32.2. The van der Waals surface area contributed by atoms with Gasteiger partial charge in [-0.25, -0.2) is 8.42 Å². The molecule has 1 aliphatic rings. The second-order valence-corrected chi connectivity index (χ2v) is 7.14. The van der Waals surface area contributed by atoms with Crippen molar-refractivity contribution in [1.29, 1.82) is 0 Å². The van der Waals surface area contributed by atoms with Gasteiger partial charge in [0.15, 0.2) is 9.84 Å². The number of aliphatic hydroxyl groups excluding tert-OH is 1. The normalized spacial score (nSPS) is 23.0. The van der Waals surface area contributed by atoms with Crippen molar-refractivity contribution in [3.05, 3.63) is 47.4 Å². The number of benzene rings is 1. The zero-order valence-electron chi connectivity index (χ0n) is 12.0. The minimum Gasteiger partial charge on any atom is -0.389 e. The van der Waals surface area contributed by atoms with Crippen LogP contribution in [0.15, 0.2) is 41.8 Å². The molecule has 0 radical (unpaired) electrons. The molecule has 1 heterocycles. The van der Waals surface area contributed by atoms with Crippen LogP contribution in [0.2, 0.25) is 0 Å². The molecule has 2 N–H and O–H groups in total. The van der Waals surface area contributed by atoms with Crippen LogP contribution >= 0.6 is 0 Å². The molecule has 0 aromatic heterocycles. The lowest BCUT2D eigenvalue weighted by Crippen LogP contribution is -2.38. The Hall–Kier alpha value is -1.21. The maximum atomic E-state index is 11.2. The summed E-state index contributed by atoms with van der Waals surface area (Å²) < 4.78 is 28.1. The average Bonchev–Trinajstić information content (AvgIpc) is 2.83. The Morgan fingerprint density at radius 2 is 2.10 bits per heavy atom. The SMILES string of the molecule is CC(OCC(O)CNC1C=CS(=O)(=O)C1)c1ccccc1. The van der Waals surface area contributed by atoms with Crippen molar-refractivity contribution < 1.29 is 18.3 Å². The van der Waals surface area contributed by atoms with Gasteiger partial charge in [0, 0.05) is 18.0 Å². The van der Waals surface area contributed by atoms with E-state index in [1.54, 1.807) is 6.08 Å². The summed E-state index contributed by atoms with van der Waals surface area (Å²) in [6.07, 6.45) is 0.843. The molecule has 116 valence electrons. The van der Waals surface area contributed by atoms with Gasteiger partial charge in [0.1, 0.15) is 0 Å². The van der Waals surface area contributed by atoms with E-state index in [-0.39, 0.29) is 24.5 Å². The van der Waals surface area contributed by atoms with Gasteiger partial charge >= 0.3 is 0 Å². The van der Waals surface area contributed by atoms with Crippen LogP contribution in [0.5, 0.6) is 0 Å². The minimum absolute atomic E-state index is 0.0565. The van der Waals surface area contributed by atoms with E-state index in [4.69, 9.17) is 4.74 Å². The number of hydrogen-bond donors (Lipinski definition) is 2. The molecule has 0 aliphatic carbocycles. The number of ether oxygens (including phenoxy) is 1. The molecule has 2 rings (SSSR count). The van der Waals surface area contributed by atoms with Crippen LogP contribution in [0.25, 0.3) is 0 Å². The van der Waals surface area contributed by atoms with Crippen LogP contribution in [-0.4, -0.2) is 44.6 Å². The Labute approximate surface area is 125 Å². The van der Waals surface area contributed by atoms with Crippen LogP contribution in [0.3, 0.4) is 0 Å². The molecule has 0 spiro atoms. The molecule has 5 nitrogen and oxygen atoms in total. The molecule has 0 amide bonds. The number of aliphatic hydroxyl groups is 1. The van der Waals surface area contributed by atoms with Gasteiger partial charge in [-0.15, -0.1) is 0 Å². The quantitative estimate of drug-likeness (QED) is 0.786. The molecule has 0 bridgehead atoms. The molecule has 1 aromatic rings. The summed E-state index contributed by atoms with van der Waals surface area (Å²) in [7, 11) is -3.06. The number of hydrogen-bond acceptors (Lipinski definition) is 5. The lowest BCUT2D eigenvalue weighted by molar-refractivity contribution is -0.00232. The van der Waals surface area contributed by atoms with Crippen molar-refractivity contribution in [3.8, 4) is 0 Å². The maximum Gasteiger partial charge on any atom is 0.173 e. The Bertz CT molecular complexity index is 571. The van der Waals surface area contributed by atoms with E-state index in [0.717, 1.165) is 5.56 Å². The van der Waals surface area contributed by atoms with Crippen LogP contribution in [0.1, 0.15) is 18.6 Å². The number of sulfone groups is 1. The summed E-state index contributed by atoms with van der Waals surface area (Å²) in [6, 6.07) is 9.56. The van der Waals surface area contributed by atoms with E-state index in [2.05, 4.69) is 5.32 Å². The lowest BCUT2D eigenvalue weighted by Gasteiger charge is -2.18. The summed E-state index contributed by atoms with van der Waals surface area (Å²) >= 11 is 0. The Balaban J connectivity index is 1.68. The Morgan fingerprint density at radius 1 is 1.38 bits per heavy atom. The van der Waals surface area contributed by atoms with Crippen molar-refractivity contribution in [2.75, 3.05) is 18.9 Å². The standard InChI is InChI=1S/C15H21NO4S/c1-12(13-5-3-2-4-6-13)20-10-15(17)9-16-14-7-8-21(18,19)11-14/h2-8,12,14-17H,9-11H2,1H3. The molecule has 21 heavy (non-hydrogen) atoms. The topological polar surface area (TPSA) is 75.6 Å². The van der Waals surface area contributed by atoms with Gasteiger partial charge in [-0.05, 0) is 12.5 Å². The van der Waals surface area contributed by atoms with E-state index in [9.17, 15) is 13.5 Å². The zero-order valence-corrected chi connectivity index (χ0v) is 12.8. The third-order valence-corrected chi connectivity index (χ3v) is 4.75. The molecule has 1 aliphatic heterocycles. The van der Waals surface area contributed by atoms with Crippen molar-refractivity contribution in [1.82, 2.24) is 5.32 Å². The van der Waals surface area contributed by atoms with Gasteiger partial charge in [-0.2, -0.15) is 0 Å². The highest BCUT2D eigenvalue weighted by Gasteiger charge is 2.21. The third-order valence-electron chi connectivity index (χ3n) is 3.35. The number of rotatable bonds is 7. The van der Waals surface area contributed by atoms with Gasteiger partial charge in [0.25, 0.3) is 0 Å². The second-order valence-electron chi connectivity index (χ2n) is 5.21. The fraction of sp³-hybridized carbons (Fsp3) is 0.467. The molecule has 3 unspecified atom stereocenters. The summed E-state index contributed by atoms with van der Waals surface area (Å²) in [4.78, 5) is 0. The molecule has 3 atom stereocenters. The molecular formula is C15H21NO4S. The first-order chi connectivity index (χ1) is 9.96. The van der Waals surface area contributed by atoms with E-state index in [0.29, 0.717) is 6.54 Å². The molecular weight excluding hydrogens is 290 g/mol. The van der Waals surface area contributed by atoms with Gasteiger partial charge in [0.2, 0.25) is 0 Å². The third kappa shape index (κ3) is 5.24. The maximum absolute atomic E-state index is 11.2. The molecule has 0 fully saturated rings. The van der Waals surface area contributed by atoms with Crippen LogP contribution in [0, 0.1) is 0 Å². The second kappa shape index (κ2) is 7.17. The highest BCUT2D eigenvalue weighted by molar-refractivity contribution is 7.94. The van der Waals surface area contributed by atoms with E-state index in [1.165, 1.54) is 5.41 Å². The van der Waals surface area contributed by atoms with Crippen molar-refractivity contribution in [3.63, 3.8) is 0 Å². The van der Waals surface area contributed by atoms with Crippen LogP contribution in [-0.2, 0) is 14.6 Å². The first-order valence-electron chi connectivity index (χ1n) is 6.95. The molecule has 6 heteroatoms. The predicted molar refractivity (Wildman–Crippen MR) is 81.5 cm³/mol. The monoisotopic (exact) mass is 311 g/mol. The Morgan fingerprint density at radius 3 is 2.71 bits per heavy atom. The number of nitrogens with one attached hydrogen (secondary N) is 1. The highest BCUT2D eigenvalue weighted by Crippen LogP contribution is 2.16. The summed E-state index contributed by atoms with van der Waals surface area (Å²) in [5.41, 5.74) is 1.06. The van der Waals surface area contributed by atoms with Gasteiger partial charge < -0.3 is 15.2 Å². The Kier molecular flexibility index (Phi) is 5.52. The molecule has 0 saturated carbocycles. The smallest absolute Gasteiger partial charge is 0.173 e. The van der Waals surface area contributed by atoms with Crippen LogP contribution in [0.4, 0.5) is 0 Å². The zero-order chi connectivity index (χ0) is 15.3. The van der Waals surface area contributed by atoms with Gasteiger partial charge in [-0.1, -0.05) is 36.4 Å². The first-order valence-corrected chi connectivity index (χ1v) is 8.67. The summed E-state index contributed by atoms with van der Waals surface area (Å²) in [5, 5.41) is 14.1. The fourth-order valence-electron chi connectivity index (χ4n) is 2.12. The van der Waals surface area contributed by atoms with E-state index in [1.807, 2.05) is 37.3 Å². The summed E-state index contributed by atoms with van der Waals surface area (Å²) in [6.45, 7) is 2.43. The van der Waals surface area contributed by atoms with Crippen molar-refractivity contribution in [2.24, 2.45) is 0 Å². The van der Waals surface area contributed by atoms with Crippen molar-refractivity contribution in [2.45, 2.75) is 25.2 Å². The van der Waals surface area contributed by atoms with Gasteiger partial charge in [0.05, 0.1) is 24.6 Å². The largest absolute Gasteiger partial charge is 0.389 e. The summed E-state index contributed by atoms with van der Waals surface area (Å²) in [5.74, 6) is 0.0565. The van der Waals surface area contributed by atoms with Crippen LogP contribution < -0.4 is 5.32 Å². The molecule has 1 aromatic carbocycles.